The first-order chi connectivity index (χ1) is 16.4. The molecule has 1 fully saturated rings. The van der Waals surface area contributed by atoms with Crippen LogP contribution in [0.1, 0.15) is 40.3 Å². The molecule has 0 spiro atoms. The van der Waals surface area contributed by atoms with Crippen LogP contribution in [0.25, 0.3) is 5.82 Å². The Hall–Kier alpha value is -3.24. The summed E-state index contributed by atoms with van der Waals surface area (Å²) in [6.45, 7) is 4.29. The summed E-state index contributed by atoms with van der Waals surface area (Å²) in [5.74, 6) is -3.54. The van der Waals surface area contributed by atoms with Crippen molar-refractivity contribution in [2.45, 2.75) is 32.7 Å². The monoisotopic (exact) mass is 522 g/mol. The summed E-state index contributed by atoms with van der Waals surface area (Å²) >= 11 is 12.4. The minimum atomic E-state index is -2.83. The van der Waals surface area contributed by atoms with Gasteiger partial charge in [-0.05, 0) is 50.6 Å². The van der Waals surface area contributed by atoms with Crippen LogP contribution in [0, 0.1) is 6.92 Å². The van der Waals surface area contributed by atoms with Gasteiger partial charge in [0.25, 0.3) is 17.7 Å². The number of anilines is 2. The molecular weight excluding hydrogens is 501 g/mol. The number of amides is 2. The van der Waals surface area contributed by atoms with Crippen molar-refractivity contribution in [3.63, 3.8) is 0 Å². The van der Waals surface area contributed by atoms with Gasteiger partial charge in [-0.2, -0.15) is 0 Å². The molecule has 12 heteroatoms. The summed E-state index contributed by atoms with van der Waals surface area (Å²) < 4.78 is 28.1. The van der Waals surface area contributed by atoms with Crippen LogP contribution in [0.2, 0.25) is 10.0 Å². The van der Waals surface area contributed by atoms with Crippen LogP contribution in [-0.2, 0) is 0 Å². The van der Waals surface area contributed by atoms with Crippen molar-refractivity contribution in [3.05, 3.63) is 63.4 Å². The highest BCUT2D eigenvalue weighted by Gasteiger charge is 2.45. The van der Waals surface area contributed by atoms with Crippen molar-refractivity contribution in [1.29, 1.82) is 0 Å². The number of carbonyl (C=O) groups excluding carboxylic acids is 2. The van der Waals surface area contributed by atoms with E-state index in [0.29, 0.717) is 10.6 Å². The Morgan fingerprint density at radius 2 is 1.86 bits per heavy atom. The number of rotatable bonds is 6. The van der Waals surface area contributed by atoms with Crippen molar-refractivity contribution in [3.8, 4) is 5.82 Å². The number of aromatic nitrogens is 3. The van der Waals surface area contributed by atoms with E-state index in [1.54, 1.807) is 25.1 Å². The Morgan fingerprint density at radius 1 is 1.14 bits per heavy atom. The van der Waals surface area contributed by atoms with Crippen LogP contribution in [0.5, 0.6) is 0 Å². The Kier molecular flexibility index (Phi) is 6.70. The molecule has 0 radical (unpaired) electrons. The molecule has 1 aliphatic heterocycles. The molecule has 1 saturated heterocycles. The normalized spacial score (nSPS) is 14.6. The Balaban J connectivity index is 1.74. The summed E-state index contributed by atoms with van der Waals surface area (Å²) in [4.78, 5) is 31.8. The molecule has 0 bridgehead atoms. The van der Waals surface area contributed by atoms with Gasteiger partial charge in [-0.15, -0.1) is 5.10 Å². The highest BCUT2D eigenvalue weighted by Crippen LogP contribution is 2.33. The first kappa shape index (κ1) is 24.9. The number of alkyl halides is 2. The van der Waals surface area contributed by atoms with E-state index < -0.39 is 30.8 Å². The maximum Gasteiger partial charge on any atom is 0.282 e. The average molecular weight is 523 g/mol. The molecule has 2 amide bonds. The molecule has 1 aromatic carbocycles. The predicted octanol–water partition coefficient (Wildman–Crippen LogP) is 4.73. The first-order valence-electron chi connectivity index (χ1n) is 10.7. The standard InChI is InChI=1S/C23H22Cl2F2N6O2/c1-12(2)29-21(34)15-8-14(24)7-13(3)19(15)30-22(35)17-9-18(32-10-23(26,27)11-32)31-33(17)20-16(25)5-4-6-28-20/h4-9,12H,10-11H2,1-3H3,(H,29,34)(H,30,35). The maximum atomic E-state index is 13.5. The Bertz CT molecular complexity index is 1300. The fourth-order valence-corrected chi connectivity index (χ4v) is 4.13. The molecule has 0 atom stereocenters. The zero-order valence-corrected chi connectivity index (χ0v) is 20.6. The third-order valence-electron chi connectivity index (χ3n) is 5.24. The van der Waals surface area contributed by atoms with Crippen LogP contribution in [0.15, 0.2) is 36.5 Å². The van der Waals surface area contributed by atoms with Crippen LogP contribution in [0.4, 0.5) is 20.3 Å². The smallest absolute Gasteiger partial charge is 0.282 e. The topological polar surface area (TPSA) is 92.2 Å². The molecule has 3 heterocycles. The van der Waals surface area contributed by atoms with Crippen LogP contribution >= 0.6 is 23.2 Å². The summed E-state index contributed by atoms with van der Waals surface area (Å²) in [6, 6.07) is 7.50. The van der Waals surface area contributed by atoms with E-state index >= 15 is 0 Å². The van der Waals surface area contributed by atoms with Gasteiger partial charge in [0.2, 0.25) is 0 Å². The lowest BCUT2D eigenvalue weighted by molar-refractivity contribution is -0.0267. The van der Waals surface area contributed by atoms with Gasteiger partial charge in [-0.3, -0.25) is 9.59 Å². The minimum absolute atomic E-state index is 0.000356. The van der Waals surface area contributed by atoms with E-state index in [9.17, 15) is 18.4 Å². The summed E-state index contributed by atoms with van der Waals surface area (Å²) in [6.07, 6.45) is 1.47. The predicted molar refractivity (Wildman–Crippen MR) is 130 cm³/mol. The van der Waals surface area contributed by atoms with E-state index in [4.69, 9.17) is 23.2 Å². The lowest BCUT2D eigenvalue weighted by Gasteiger charge is -2.38. The van der Waals surface area contributed by atoms with Gasteiger partial charge in [0.1, 0.15) is 5.69 Å². The van der Waals surface area contributed by atoms with E-state index in [2.05, 4.69) is 20.7 Å². The number of hydrogen-bond acceptors (Lipinski definition) is 5. The third kappa shape index (κ3) is 5.23. The number of pyridine rings is 1. The van der Waals surface area contributed by atoms with Crippen molar-refractivity contribution in [2.24, 2.45) is 0 Å². The lowest BCUT2D eigenvalue weighted by Crippen LogP contribution is -2.56. The number of carbonyl (C=O) groups is 2. The Morgan fingerprint density at radius 3 is 2.49 bits per heavy atom. The third-order valence-corrected chi connectivity index (χ3v) is 5.75. The second kappa shape index (κ2) is 9.43. The van der Waals surface area contributed by atoms with Crippen molar-refractivity contribution < 1.29 is 18.4 Å². The molecule has 0 saturated carbocycles. The van der Waals surface area contributed by atoms with E-state index in [1.165, 1.54) is 27.9 Å². The second-order valence-electron chi connectivity index (χ2n) is 8.55. The molecule has 8 nitrogen and oxygen atoms in total. The fourth-order valence-electron chi connectivity index (χ4n) is 3.66. The van der Waals surface area contributed by atoms with Gasteiger partial charge in [0.05, 0.1) is 29.4 Å². The number of nitrogens with zero attached hydrogens (tertiary/aromatic N) is 4. The number of hydrogen-bond donors (Lipinski definition) is 2. The van der Waals surface area contributed by atoms with E-state index in [0.717, 1.165) is 0 Å². The molecule has 3 aromatic rings. The summed E-state index contributed by atoms with van der Waals surface area (Å²) in [5.41, 5.74) is 1.00. The molecular formula is C23H22Cl2F2N6O2. The van der Waals surface area contributed by atoms with Crippen molar-refractivity contribution >= 4 is 46.5 Å². The van der Waals surface area contributed by atoms with Gasteiger partial charge < -0.3 is 15.5 Å². The molecule has 1 aliphatic rings. The SMILES string of the molecule is Cc1cc(Cl)cc(C(=O)NC(C)C)c1NC(=O)c1cc(N2CC(F)(F)C2)nn1-c1ncccc1Cl. The highest BCUT2D eigenvalue weighted by atomic mass is 35.5. The van der Waals surface area contributed by atoms with E-state index in [-0.39, 0.29) is 39.6 Å². The molecule has 2 N–H and O–H groups in total. The Labute approximate surface area is 210 Å². The van der Waals surface area contributed by atoms with Crippen LogP contribution < -0.4 is 15.5 Å². The molecule has 0 aliphatic carbocycles. The van der Waals surface area contributed by atoms with Crippen molar-refractivity contribution in [2.75, 3.05) is 23.3 Å². The van der Waals surface area contributed by atoms with Gasteiger partial charge in [-0.1, -0.05) is 23.2 Å². The average Bonchev–Trinajstić information content (AvgIpc) is 3.18. The van der Waals surface area contributed by atoms with Crippen LogP contribution in [0.3, 0.4) is 0 Å². The zero-order chi connectivity index (χ0) is 25.5. The highest BCUT2D eigenvalue weighted by molar-refractivity contribution is 6.32. The number of benzene rings is 1. The largest absolute Gasteiger partial charge is 0.350 e. The number of nitrogens with one attached hydrogen (secondary N) is 2. The quantitative estimate of drug-likeness (QED) is 0.488. The second-order valence-corrected chi connectivity index (χ2v) is 9.39. The molecule has 2 aromatic heterocycles. The van der Waals surface area contributed by atoms with Crippen LogP contribution in [-0.4, -0.2) is 51.6 Å². The maximum absolute atomic E-state index is 13.5. The number of aryl methyl sites for hydroxylation is 1. The first-order valence-corrected chi connectivity index (χ1v) is 11.5. The van der Waals surface area contributed by atoms with E-state index in [1.807, 2.05) is 13.8 Å². The zero-order valence-electron chi connectivity index (χ0n) is 19.1. The lowest BCUT2D eigenvalue weighted by atomic mass is 10.1. The summed E-state index contributed by atoms with van der Waals surface area (Å²) in [7, 11) is 0. The summed E-state index contributed by atoms with van der Waals surface area (Å²) in [5, 5.41) is 10.4. The number of halogens is 4. The minimum Gasteiger partial charge on any atom is -0.350 e. The van der Waals surface area contributed by atoms with Crippen molar-refractivity contribution in [1.82, 2.24) is 20.1 Å². The molecule has 35 heavy (non-hydrogen) atoms. The van der Waals surface area contributed by atoms with Gasteiger partial charge >= 0.3 is 0 Å². The molecule has 0 unspecified atom stereocenters. The molecule has 4 rings (SSSR count). The molecule has 184 valence electrons. The van der Waals surface area contributed by atoms with Gasteiger partial charge in [0.15, 0.2) is 11.6 Å². The van der Waals surface area contributed by atoms with Gasteiger partial charge in [0, 0.05) is 23.3 Å². The fraction of sp³-hybridized carbons (Fsp3) is 0.304. The van der Waals surface area contributed by atoms with Gasteiger partial charge in [-0.25, -0.2) is 18.4 Å².